The Morgan fingerprint density at radius 1 is 1.00 bits per heavy atom. The van der Waals surface area contributed by atoms with Gasteiger partial charge in [-0.1, -0.05) is 11.6 Å². The minimum absolute atomic E-state index is 0.164. The van der Waals surface area contributed by atoms with Crippen LogP contribution in [-0.2, 0) is 4.79 Å². The van der Waals surface area contributed by atoms with Gasteiger partial charge in [-0.15, -0.1) is 0 Å². The molecule has 4 rings (SSSR count). The number of esters is 1. The number of hydrogen-bond acceptors (Lipinski definition) is 6. The monoisotopic (exact) mass is 374 g/mol. The minimum atomic E-state index is -0.521. The maximum atomic E-state index is 12.0. The van der Waals surface area contributed by atoms with E-state index >= 15 is 0 Å². The van der Waals surface area contributed by atoms with Gasteiger partial charge in [0.1, 0.15) is 5.75 Å². The molecule has 2 aliphatic heterocycles. The van der Waals surface area contributed by atoms with E-state index in [9.17, 15) is 4.79 Å². The number of rotatable bonds is 3. The minimum Gasteiger partial charge on any atom is -0.489 e. The molecule has 0 fully saturated rings. The fourth-order valence-electron chi connectivity index (χ4n) is 2.60. The normalized spacial score (nSPS) is 15.0. The van der Waals surface area contributed by atoms with Crippen molar-refractivity contribution in [1.82, 2.24) is 0 Å². The van der Waals surface area contributed by atoms with Crippen LogP contribution in [0.4, 0.5) is 0 Å². The summed E-state index contributed by atoms with van der Waals surface area (Å²) in [5.74, 6) is 2.13. The molecule has 26 heavy (non-hydrogen) atoms. The first-order chi connectivity index (χ1) is 12.7. The fourth-order valence-corrected chi connectivity index (χ4v) is 2.88. The molecule has 0 saturated heterocycles. The van der Waals surface area contributed by atoms with Crippen molar-refractivity contribution in [3.05, 3.63) is 47.0 Å². The Bertz CT molecular complexity index is 877. The zero-order chi connectivity index (χ0) is 17.9. The lowest BCUT2D eigenvalue weighted by Crippen LogP contribution is -2.03. The quantitative estimate of drug-likeness (QED) is 0.462. The zero-order valence-electron chi connectivity index (χ0n) is 13.7. The summed E-state index contributed by atoms with van der Waals surface area (Å²) >= 11 is 6.24. The summed E-state index contributed by atoms with van der Waals surface area (Å²) in [6.45, 7) is 1.28. The van der Waals surface area contributed by atoms with E-state index in [2.05, 4.69) is 0 Å². The molecule has 0 saturated carbocycles. The number of benzene rings is 2. The Morgan fingerprint density at radius 2 is 1.85 bits per heavy atom. The summed E-state index contributed by atoms with van der Waals surface area (Å²) in [6, 6.07) is 8.43. The van der Waals surface area contributed by atoms with E-state index in [1.165, 1.54) is 6.08 Å². The van der Waals surface area contributed by atoms with E-state index < -0.39 is 5.97 Å². The number of carbonyl (C=O) groups excluding carboxylic acids is 1. The van der Waals surface area contributed by atoms with Crippen molar-refractivity contribution < 1.29 is 28.5 Å². The van der Waals surface area contributed by atoms with Crippen LogP contribution in [0.3, 0.4) is 0 Å². The van der Waals surface area contributed by atoms with Crippen LogP contribution in [0.2, 0.25) is 5.02 Å². The van der Waals surface area contributed by atoms with Gasteiger partial charge in [0.05, 0.1) is 18.2 Å². The summed E-state index contributed by atoms with van der Waals surface area (Å²) in [6.07, 6.45) is 3.72. The first-order valence-electron chi connectivity index (χ1n) is 8.08. The molecule has 7 heteroatoms. The van der Waals surface area contributed by atoms with Gasteiger partial charge in [-0.2, -0.15) is 0 Å². The van der Waals surface area contributed by atoms with Gasteiger partial charge in [0.2, 0.25) is 6.79 Å². The molecule has 0 spiro atoms. The van der Waals surface area contributed by atoms with Crippen molar-refractivity contribution in [2.45, 2.75) is 6.42 Å². The van der Waals surface area contributed by atoms with Crippen LogP contribution < -0.4 is 23.7 Å². The van der Waals surface area contributed by atoms with E-state index in [4.69, 9.17) is 35.3 Å². The van der Waals surface area contributed by atoms with Gasteiger partial charge in [0.15, 0.2) is 23.0 Å². The van der Waals surface area contributed by atoms with E-state index in [0.29, 0.717) is 52.5 Å². The zero-order valence-corrected chi connectivity index (χ0v) is 14.5. The van der Waals surface area contributed by atoms with Crippen LogP contribution in [0.5, 0.6) is 28.7 Å². The summed E-state index contributed by atoms with van der Waals surface area (Å²) in [4.78, 5) is 12.0. The molecule has 0 unspecified atom stereocenters. The number of carbonyl (C=O) groups is 1. The van der Waals surface area contributed by atoms with Crippen LogP contribution in [0.15, 0.2) is 36.4 Å². The molecule has 0 aliphatic carbocycles. The largest absolute Gasteiger partial charge is 0.489 e. The van der Waals surface area contributed by atoms with Crippen molar-refractivity contribution in [2.24, 2.45) is 0 Å². The molecular formula is C19H15ClO6. The fraction of sp³-hybridized carbons (Fsp3) is 0.211. The van der Waals surface area contributed by atoms with Gasteiger partial charge in [0, 0.05) is 18.6 Å². The van der Waals surface area contributed by atoms with Gasteiger partial charge in [-0.05, 0) is 35.9 Å². The van der Waals surface area contributed by atoms with E-state index in [1.54, 1.807) is 36.4 Å². The van der Waals surface area contributed by atoms with E-state index in [0.717, 1.165) is 6.42 Å². The predicted octanol–water partition coefficient (Wildman–Crippen LogP) is 3.85. The number of fused-ring (bicyclic) bond motifs is 2. The SMILES string of the molecule is O=C(/C=C/c1cc(Cl)c2c(c1)OCCCO2)Oc1ccc2c(c1)OCO2. The summed E-state index contributed by atoms with van der Waals surface area (Å²) in [7, 11) is 0. The van der Waals surface area contributed by atoms with Crippen LogP contribution in [0.25, 0.3) is 6.08 Å². The number of hydrogen-bond donors (Lipinski definition) is 0. The molecule has 0 amide bonds. The highest BCUT2D eigenvalue weighted by Gasteiger charge is 2.16. The van der Waals surface area contributed by atoms with E-state index in [1.807, 2.05) is 0 Å². The first kappa shape index (κ1) is 16.6. The smallest absolute Gasteiger partial charge is 0.336 e. The Labute approximate surface area is 154 Å². The molecule has 2 aromatic carbocycles. The molecule has 2 aromatic rings. The van der Waals surface area contributed by atoms with Crippen molar-refractivity contribution in [3.8, 4) is 28.7 Å². The van der Waals surface area contributed by atoms with Crippen molar-refractivity contribution in [3.63, 3.8) is 0 Å². The molecule has 0 radical (unpaired) electrons. The topological polar surface area (TPSA) is 63.2 Å². The Balaban J connectivity index is 1.46. The molecule has 0 atom stereocenters. The first-order valence-corrected chi connectivity index (χ1v) is 8.45. The van der Waals surface area contributed by atoms with Crippen molar-refractivity contribution >= 4 is 23.6 Å². The van der Waals surface area contributed by atoms with Gasteiger partial charge in [-0.3, -0.25) is 0 Å². The van der Waals surface area contributed by atoms with E-state index in [-0.39, 0.29) is 6.79 Å². The third-order valence-corrected chi connectivity index (χ3v) is 4.08. The molecule has 0 N–H and O–H groups in total. The van der Waals surface area contributed by atoms with Crippen molar-refractivity contribution in [1.29, 1.82) is 0 Å². The molecule has 134 valence electrons. The number of halogens is 1. The van der Waals surface area contributed by atoms with Gasteiger partial charge in [-0.25, -0.2) is 4.79 Å². The Hall–Kier alpha value is -2.86. The lowest BCUT2D eigenvalue weighted by molar-refractivity contribution is -0.128. The molecule has 0 aromatic heterocycles. The van der Waals surface area contributed by atoms with Gasteiger partial charge < -0.3 is 23.7 Å². The highest BCUT2D eigenvalue weighted by Crippen LogP contribution is 2.38. The Morgan fingerprint density at radius 3 is 2.77 bits per heavy atom. The lowest BCUT2D eigenvalue weighted by atomic mass is 10.2. The average Bonchev–Trinajstić information content (AvgIpc) is 2.96. The second kappa shape index (κ2) is 7.17. The van der Waals surface area contributed by atoms with Gasteiger partial charge in [0.25, 0.3) is 0 Å². The molecule has 6 nitrogen and oxygen atoms in total. The van der Waals surface area contributed by atoms with Crippen LogP contribution in [0, 0.1) is 0 Å². The third kappa shape index (κ3) is 3.55. The summed E-state index contributed by atoms with van der Waals surface area (Å²) in [5.41, 5.74) is 0.710. The molecule has 2 heterocycles. The van der Waals surface area contributed by atoms with Gasteiger partial charge >= 0.3 is 5.97 Å². The second-order valence-corrected chi connectivity index (χ2v) is 6.06. The highest BCUT2D eigenvalue weighted by molar-refractivity contribution is 6.32. The Kier molecular flexibility index (Phi) is 4.58. The van der Waals surface area contributed by atoms with Crippen LogP contribution >= 0.6 is 11.6 Å². The summed E-state index contributed by atoms with van der Waals surface area (Å²) < 4.78 is 27.0. The lowest BCUT2D eigenvalue weighted by Gasteiger charge is -2.10. The maximum Gasteiger partial charge on any atom is 0.336 e. The molecular weight excluding hydrogens is 360 g/mol. The predicted molar refractivity (Wildman–Crippen MR) is 94.3 cm³/mol. The second-order valence-electron chi connectivity index (χ2n) is 5.65. The van der Waals surface area contributed by atoms with Crippen LogP contribution in [-0.4, -0.2) is 26.0 Å². The van der Waals surface area contributed by atoms with Crippen LogP contribution in [0.1, 0.15) is 12.0 Å². The summed E-state index contributed by atoms with van der Waals surface area (Å²) in [5, 5.41) is 0.438. The highest BCUT2D eigenvalue weighted by atomic mass is 35.5. The average molecular weight is 375 g/mol. The maximum absolute atomic E-state index is 12.0. The third-order valence-electron chi connectivity index (χ3n) is 3.80. The van der Waals surface area contributed by atoms with Crippen molar-refractivity contribution in [2.75, 3.05) is 20.0 Å². The standard InChI is InChI=1S/C19H15ClO6/c20-14-8-12(9-17-19(14)23-7-1-6-22-17)2-5-18(21)26-13-3-4-15-16(10-13)25-11-24-15/h2-5,8-10H,1,6-7,11H2/b5-2+. The number of ether oxygens (including phenoxy) is 5. The molecule has 0 bridgehead atoms. The molecule has 2 aliphatic rings.